The average molecular weight is 454 g/mol. The van der Waals surface area contributed by atoms with E-state index >= 15 is 0 Å². The maximum Gasteiger partial charge on any atom is 0.228 e. The summed E-state index contributed by atoms with van der Waals surface area (Å²) in [6.45, 7) is 4.75. The van der Waals surface area contributed by atoms with E-state index in [1.807, 2.05) is 47.4 Å². The molecular weight excluding hydrogens is 430 g/mol. The Hall–Kier alpha value is -3.56. The number of hydrogen-bond donors (Lipinski definition) is 0. The lowest BCUT2D eigenvalue weighted by Gasteiger charge is -2.35. The minimum Gasteiger partial charge on any atom is -0.489 e. The highest BCUT2D eigenvalue weighted by Crippen LogP contribution is 2.44. The van der Waals surface area contributed by atoms with Crippen LogP contribution in [0.15, 0.2) is 97.6 Å². The molecule has 0 spiro atoms. The van der Waals surface area contributed by atoms with Crippen LogP contribution in [-0.4, -0.2) is 12.5 Å². The summed E-state index contributed by atoms with van der Waals surface area (Å²) in [7, 11) is 0. The van der Waals surface area contributed by atoms with Gasteiger partial charge in [-0.2, -0.15) is 0 Å². The van der Waals surface area contributed by atoms with Crippen molar-refractivity contribution in [3.8, 4) is 5.75 Å². The number of amides is 1. The smallest absolute Gasteiger partial charge is 0.228 e. The van der Waals surface area contributed by atoms with Crippen LogP contribution in [0.3, 0.4) is 0 Å². The minimum atomic E-state index is -0.0164. The van der Waals surface area contributed by atoms with Crippen LogP contribution in [0, 0.1) is 0 Å². The predicted octanol–water partition coefficient (Wildman–Crippen LogP) is 7.13. The lowest BCUT2D eigenvalue weighted by atomic mass is 9.81. The Morgan fingerprint density at radius 1 is 0.970 bits per heavy atom. The van der Waals surface area contributed by atoms with E-state index < -0.39 is 0 Å². The lowest BCUT2D eigenvalue weighted by molar-refractivity contribution is -0.119. The molecule has 1 aliphatic rings. The van der Waals surface area contributed by atoms with Gasteiger partial charge in [-0.05, 0) is 46.2 Å². The fourth-order valence-electron chi connectivity index (χ4n) is 4.59. The second kappa shape index (κ2) is 9.13. The van der Waals surface area contributed by atoms with Gasteiger partial charge in [-0.3, -0.25) is 4.79 Å². The van der Waals surface area contributed by atoms with Crippen LogP contribution >= 0.6 is 11.6 Å². The third kappa shape index (κ3) is 4.12. The maximum atomic E-state index is 13.1. The third-order valence-corrected chi connectivity index (χ3v) is 6.58. The Bertz CT molecular complexity index is 1330. The molecule has 0 bridgehead atoms. The molecule has 1 atom stereocenters. The number of rotatable bonds is 6. The second-order valence-electron chi connectivity index (χ2n) is 8.22. The van der Waals surface area contributed by atoms with Gasteiger partial charge in [0, 0.05) is 35.2 Å². The predicted molar refractivity (Wildman–Crippen MR) is 135 cm³/mol. The fraction of sp³-hybridized carbons (Fsp3) is 0.138. The van der Waals surface area contributed by atoms with Crippen molar-refractivity contribution >= 4 is 34.0 Å². The van der Waals surface area contributed by atoms with Gasteiger partial charge in [0.25, 0.3) is 0 Å². The van der Waals surface area contributed by atoms with E-state index in [4.69, 9.17) is 16.3 Å². The van der Waals surface area contributed by atoms with Gasteiger partial charge in [0.1, 0.15) is 12.4 Å². The molecule has 164 valence electrons. The molecule has 5 rings (SSSR count). The summed E-state index contributed by atoms with van der Waals surface area (Å²) in [6.07, 6.45) is 2.21. The average Bonchev–Trinajstić information content (AvgIpc) is 2.85. The second-order valence-corrected chi connectivity index (χ2v) is 8.63. The van der Waals surface area contributed by atoms with Gasteiger partial charge in [0.05, 0.1) is 0 Å². The first-order chi connectivity index (χ1) is 16.2. The van der Waals surface area contributed by atoms with E-state index in [0.29, 0.717) is 24.6 Å². The van der Waals surface area contributed by atoms with Crippen molar-refractivity contribution in [1.82, 2.24) is 0 Å². The molecule has 4 aromatic carbocycles. The number of benzene rings is 4. The van der Waals surface area contributed by atoms with E-state index in [1.54, 1.807) is 6.08 Å². The zero-order valence-corrected chi connectivity index (χ0v) is 19.0. The number of anilines is 1. The van der Waals surface area contributed by atoms with E-state index in [0.717, 1.165) is 22.6 Å². The molecule has 0 aliphatic carbocycles. The minimum absolute atomic E-state index is 0.0164. The summed E-state index contributed by atoms with van der Waals surface area (Å²) in [5, 5.41) is 3.05. The summed E-state index contributed by atoms with van der Waals surface area (Å²) < 4.78 is 5.95. The lowest BCUT2D eigenvalue weighted by Crippen LogP contribution is -2.37. The first-order valence-corrected chi connectivity index (χ1v) is 11.4. The molecule has 4 aromatic rings. The standard InChI is InChI=1S/C29H24ClNO2/c1-2-17-31-27-16-13-20-7-3-5-9-24(20)29(27)25(18-28(31)32)21-11-14-23(15-12-21)33-19-22-8-4-6-10-26(22)30/h2-16,25H,1,17-19H2. The monoisotopic (exact) mass is 453 g/mol. The number of nitrogens with zero attached hydrogens (tertiary/aromatic N) is 1. The quantitative estimate of drug-likeness (QED) is 0.291. The molecule has 0 radical (unpaired) electrons. The number of hydrogen-bond acceptors (Lipinski definition) is 2. The highest BCUT2D eigenvalue weighted by atomic mass is 35.5. The molecule has 0 fully saturated rings. The fourth-order valence-corrected chi connectivity index (χ4v) is 4.78. The highest BCUT2D eigenvalue weighted by molar-refractivity contribution is 6.31. The van der Waals surface area contributed by atoms with Gasteiger partial charge in [0.2, 0.25) is 5.91 Å². The van der Waals surface area contributed by atoms with Crippen molar-refractivity contribution in [2.75, 3.05) is 11.4 Å². The molecule has 0 saturated heterocycles. The molecule has 1 aliphatic heterocycles. The summed E-state index contributed by atoms with van der Waals surface area (Å²) in [6, 6.07) is 28.3. The third-order valence-electron chi connectivity index (χ3n) is 6.21. The van der Waals surface area contributed by atoms with Crippen molar-refractivity contribution in [2.24, 2.45) is 0 Å². The molecule has 33 heavy (non-hydrogen) atoms. The van der Waals surface area contributed by atoms with Gasteiger partial charge < -0.3 is 9.64 Å². The Morgan fingerprint density at radius 2 is 1.73 bits per heavy atom. The van der Waals surface area contributed by atoms with E-state index in [9.17, 15) is 4.79 Å². The van der Waals surface area contributed by atoms with Crippen LogP contribution in [0.25, 0.3) is 10.8 Å². The number of fused-ring (bicyclic) bond motifs is 3. The van der Waals surface area contributed by atoms with Crippen LogP contribution < -0.4 is 9.64 Å². The molecule has 0 N–H and O–H groups in total. The first-order valence-electron chi connectivity index (χ1n) is 11.0. The van der Waals surface area contributed by atoms with E-state index in [2.05, 4.69) is 49.0 Å². The van der Waals surface area contributed by atoms with Gasteiger partial charge in [-0.15, -0.1) is 6.58 Å². The van der Waals surface area contributed by atoms with Gasteiger partial charge in [-0.1, -0.05) is 78.3 Å². The molecule has 1 heterocycles. The van der Waals surface area contributed by atoms with Crippen molar-refractivity contribution in [3.63, 3.8) is 0 Å². The van der Waals surface area contributed by atoms with Gasteiger partial charge in [-0.25, -0.2) is 0 Å². The van der Waals surface area contributed by atoms with Crippen LogP contribution in [0.4, 0.5) is 5.69 Å². The molecular formula is C29H24ClNO2. The topological polar surface area (TPSA) is 29.5 Å². The normalized spacial score (nSPS) is 15.4. The molecule has 1 amide bonds. The molecule has 3 nitrogen and oxygen atoms in total. The highest BCUT2D eigenvalue weighted by Gasteiger charge is 2.33. The van der Waals surface area contributed by atoms with Crippen molar-refractivity contribution in [3.05, 3.63) is 119 Å². The zero-order chi connectivity index (χ0) is 22.8. The number of halogens is 1. The number of carbonyl (C=O) groups excluding carboxylic acids is 1. The van der Waals surface area contributed by atoms with Gasteiger partial charge in [0.15, 0.2) is 0 Å². The van der Waals surface area contributed by atoms with E-state index in [1.165, 1.54) is 16.3 Å². The van der Waals surface area contributed by atoms with Crippen LogP contribution in [0.2, 0.25) is 5.02 Å². The van der Waals surface area contributed by atoms with E-state index in [-0.39, 0.29) is 11.8 Å². The SMILES string of the molecule is C=CCN1C(=O)CC(c2ccc(OCc3ccccc3Cl)cc2)c2c1ccc1ccccc21. The molecule has 0 aromatic heterocycles. The zero-order valence-electron chi connectivity index (χ0n) is 18.2. The van der Waals surface area contributed by atoms with Gasteiger partial charge >= 0.3 is 0 Å². The van der Waals surface area contributed by atoms with Crippen molar-refractivity contribution < 1.29 is 9.53 Å². The largest absolute Gasteiger partial charge is 0.489 e. The Balaban J connectivity index is 1.48. The molecule has 1 unspecified atom stereocenters. The number of carbonyl (C=O) groups is 1. The summed E-state index contributed by atoms with van der Waals surface area (Å²) in [4.78, 5) is 14.9. The number of ether oxygens (including phenoxy) is 1. The Morgan fingerprint density at radius 3 is 2.52 bits per heavy atom. The van der Waals surface area contributed by atoms with Crippen LogP contribution in [-0.2, 0) is 11.4 Å². The summed E-state index contributed by atoms with van der Waals surface area (Å²) in [5.41, 5.74) is 4.21. The first kappa shape index (κ1) is 21.3. The summed E-state index contributed by atoms with van der Waals surface area (Å²) in [5.74, 6) is 0.867. The molecule has 4 heteroatoms. The van der Waals surface area contributed by atoms with Crippen LogP contribution in [0.5, 0.6) is 5.75 Å². The Kier molecular flexibility index (Phi) is 5.89. The Labute approximate surface area is 198 Å². The van der Waals surface area contributed by atoms with Crippen molar-refractivity contribution in [1.29, 1.82) is 0 Å². The van der Waals surface area contributed by atoms with Crippen molar-refractivity contribution in [2.45, 2.75) is 18.9 Å². The molecule has 0 saturated carbocycles. The maximum absolute atomic E-state index is 13.1. The summed E-state index contributed by atoms with van der Waals surface area (Å²) >= 11 is 6.24. The van der Waals surface area contributed by atoms with Crippen LogP contribution in [0.1, 0.15) is 29.0 Å².